The molecule has 0 radical (unpaired) electrons. The van der Waals surface area contributed by atoms with Crippen molar-refractivity contribution in [2.24, 2.45) is 17.8 Å². The predicted octanol–water partition coefficient (Wildman–Crippen LogP) is 2.88. The van der Waals surface area contributed by atoms with Gasteiger partial charge in [-0.2, -0.15) is 0 Å². The van der Waals surface area contributed by atoms with Crippen molar-refractivity contribution in [3.05, 3.63) is 0 Å². The van der Waals surface area contributed by atoms with Gasteiger partial charge in [0.15, 0.2) is 0 Å². The Hall–Kier alpha value is -0.120. The normalized spacial score (nSPS) is 35.3. The lowest BCUT2D eigenvalue weighted by atomic mass is 9.72. The second kappa shape index (κ2) is 8.50. The molecule has 0 aliphatic heterocycles. The minimum absolute atomic E-state index is 0.304. The summed E-state index contributed by atoms with van der Waals surface area (Å²) >= 11 is 0. The maximum atomic E-state index is 9.47. The summed E-state index contributed by atoms with van der Waals surface area (Å²) in [4.78, 5) is 2.61. The van der Waals surface area contributed by atoms with Crippen LogP contribution in [0.15, 0.2) is 0 Å². The van der Waals surface area contributed by atoms with Gasteiger partial charge >= 0.3 is 0 Å². The van der Waals surface area contributed by atoms with Gasteiger partial charge in [0.2, 0.25) is 0 Å². The first kappa shape index (κ1) is 17.2. The van der Waals surface area contributed by atoms with Gasteiger partial charge in [-0.25, -0.2) is 0 Å². The van der Waals surface area contributed by atoms with Crippen molar-refractivity contribution in [3.8, 4) is 0 Å². The average molecular weight is 296 g/mol. The third-order valence-electron chi connectivity index (χ3n) is 5.97. The van der Waals surface area contributed by atoms with Crippen LogP contribution in [0.3, 0.4) is 0 Å². The first-order valence-electron chi connectivity index (χ1n) is 9.17. The molecule has 0 bridgehead atoms. The molecule has 2 saturated carbocycles. The van der Waals surface area contributed by atoms with Crippen LogP contribution in [-0.2, 0) is 0 Å². The molecule has 21 heavy (non-hydrogen) atoms. The van der Waals surface area contributed by atoms with Gasteiger partial charge in [-0.15, -0.1) is 0 Å². The monoisotopic (exact) mass is 296 g/mol. The molecule has 3 heteroatoms. The van der Waals surface area contributed by atoms with Crippen molar-refractivity contribution < 1.29 is 5.11 Å². The van der Waals surface area contributed by atoms with Gasteiger partial charge in [0.25, 0.3) is 0 Å². The van der Waals surface area contributed by atoms with Gasteiger partial charge in [-0.1, -0.05) is 33.1 Å². The minimum atomic E-state index is 0.304. The molecule has 2 aliphatic rings. The Morgan fingerprint density at radius 2 is 1.81 bits per heavy atom. The number of rotatable bonds is 6. The van der Waals surface area contributed by atoms with E-state index in [-0.39, 0.29) is 0 Å². The van der Waals surface area contributed by atoms with E-state index in [1.807, 2.05) is 0 Å². The van der Waals surface area contributed by atoms with Crippen LogP contribution in [0, 0.1) is 17.8 Å². The maximum absolute atomic E-state index is 9.47. The Morgan fingerprint density at radius 1 is 1.10 bits per heavy atom. The van der Waals surface area contributed by atoms with Crippen molar-refractivity contribution in [3.63, 3.8) is 0 Å². The molecule has 0 saturated heterocycles. The summed E-state index contributed by atoms with van der Waals surface area (Å²) in [5.41, 5.74) is 0. The van der Waals surface area contributed by atoms with Crippen LogP contribution < -0.4 is 5.32 Å². The van der Waals surface area contributed by atoms with E-state index in [0.29, 0.717) is 12.6 Å². The van der Waals surface area contributed by atoms with Crippen LogP contribution in [0.2, 0.25) is 0 Å². The zero-order chi connectivity index (χ0) is 15.2. The second-order valence-corrected chi connectivity index (χ2v) is 7.62. The molecule has 2 aliphatic carbocycles. The molecule has 2 fully saturated rings. The van der Waals surface area contributed by atoms with Gasteiger partial charge in [0.1, 0.15) is 0 Å². The summed E-state index contributed by atoms with van der Waals surface area (Å²) in [6.45, 7) is 7.16. The molecular weight excluding hydrogens is 260 g/mol. The Bertz CT molecular complexity index is 291. The van der Waals surface area contributed by atoms with E-state index in [0.717, 1.165) is 30.3 Å². The van der Waals surface area contributed by atoms with Crippen molar-refractivity contribution in [1.29, 1.82) is 0 Å². The summed E-state index contributed by atoms with van der Waals surface area (Å²) in [5, 5.41) is 13.0. The van der Waals surface area contributed by atoms with Crippen LogP contribution in [0.4, 0.5) is 0 Å². The summed E-state index contributed by atoms with van der Waals surface area (Å²) in [6.07, 6.45) is 9.49. The number of hydrogen-bond donors (Lipinski definition) is 2. The van der Waals surface area contributed by atoms with E-state index < -0.39 is 0 Å². The molecule has 0 aromatic carbocycles. The highest BCUT2D eigenvalue weighted by molar-refractivity contribution is 4.90. The van der Waals surface area contributed by atoms with Crippen LogP contribution in [0.25, 0.3) is 0 Å². The SMILES string of the molecule is CNC1CC(C)CC(C)C1CN(CCO)C1CCCCC1. The lowest BCUT2D eigenvalue weighted by Gasteiger charge is -2.44. The number of nitrogens with one attached hydrogen (secondary N) is 1. The van der Waals surface area contributed by atoms with Gasteiger partial charge in [0.05, 0.1) is 6.61 Å². The fourth-order valence-electron chi connectivity index (χ4n) is 4.82. The second-order valence-electron chi connectivity index (χ2n) is 7.62. The van der Waals surface area contributed by atoms with E-state index in [9.17, 15) is 5.11 Å². The van der Waals surface area contributed by atoms with Crippen molar-refractivity contribution in [1.82, 2.24) is 10.2 Å². The summed E-state index contributed by atoms with van der Waals surface area (Å²) in [5.74, 6) is 2.37. The Balaban J connectivity index is 1.99. The van der Waals surface area contributed by atoms with Gasteiger partial charge in [0, 0.05) is 25.2 Å². The summed E-state index contributed by atoms with van der Waals surface area (Å²) in [7, 11) is 2.12. The van der Waals surface area contributed by atoms with E-state index >= 15 is 0 Å². The first-order valence-corrected chi connectivity index (χ1v) is 9.17. The van der Waals surface area contributed by atoms with Gasteiger partial charge in [-0.3, -0.25) is 4.90 Å². The largest absolute Gasteiger partial charge is 0.395 e. The molecule has 0 aromatic heterocycles. The molecule has 0 aromatic rings. The summed E-state index contributed by atoms with van der Waals surface area (Å²) < 4.78 is 0. The van der Waals surface area contributed by atoms with E-state index in [2.05, 4.69) is 31.1 Å². The lowest BCUT2D eigenvalue weighted by Crippen LogP contribution is -2.50. The summed E-state index contributed by atoms with van der Waals surface area (Å²) in [6, 6.07) is 1.36. The van der Waals surface area contributed by atoms with E-state index in [1.165, 1.54) is 51.5 Å². The highest BCUT2D eigenvalue weighted by Gasteiger charge is 2.35. The number of aliphatic hydroxyl groups is 1. The fourth-order valence-corrected chi connectivity index (χ4v) is 4.82. The van der Waals surface area contributed by atoms with E-state index in [4.69, 9.17) is 0 Å². The highest BCUT2D eigenvalue weighted by atomic mass is 16.3. The Kier molecular flexibility index (Phi) is 6.97. The predicted molar refractivity (Wildman–Crippen MR) is 89.4 cm³/mol. The van der Waals surface area contributed by atoms with Crippen LogP contribution in [0.1, 0.15) is 58.8 Å². The van der Waals surface area contributed by atoms with Crippen LogP contribution >= 0.6 is 0 Å². The van der Waals surface area contributed by atoms with E-state index in [1.54, 1.807) is 0 Å². The first-order chi connectivity index (χ1) is 10.2. The molecular formula is C18H36N2O. The zero-order valence-corrected chi connectivity index (χ0v) is 14.4. The quantitative estimate of drug-likeness (QED) is 0.791. The lowest BCUT2D eigenvalue weighted by molar-refractivity contribution is 0.0583. The van der Waals surface area contributed by atoms with Crippen molar-refractivity contribution in [2.45, 2.75) is 70.9 Å². The zero-order valence-electron chi connectivity index (χ0n) is 14.4. The molecule has 0 spiro atoms. The third kappa shape index (κ3) is 4.67. The van der Waals surface area contributed by atoms with Gasteiger partial charge in [-0.05, 0) is 50.5 Å². The smallest absolute Gasteiger partial charge is 0.0558 e. The molecule has 2 N–H and O–H groups in total. The number of aliphatic hydroxyl groups excluding tert-OH is 1. The topological polar surface area (TPSA) is 35.5 Å². The molecule has 0 amide bonds. The number of hydrogen-bond acceptors (Lipinski definition) is 3. The maximum Gasteiger partial charge on any atom is 0.0558 e. The molecule has 4 unspecified atom stereocenters. The Morgan fingerprint density at radius 3 is 2.43 bits per heavy atom. The average Bonchev–Trinajstić information content (AvgIpc) is 2.49. The number of nitrogens with zero attached hydrogens (tertiary/aromatic N) is 1. The van der Waals surface area contributed by atoms with Crippen molar-refractivity contribution >= 4 is 0 Å². The highest BCUT2D eigenvalue weighted by Crippen LogP contribution is 2.35. The van der Waals surface area contributed by atoms with Crippen molar-refractivity contribution in [2.75, 3.05) is 26.7 Å². The molecule has 2 rings (SSSR count). The molecule has 4 atom stereocenters. The minimum Gasteiger partial charge on any atom is -0.395 e. The third-order valence-corrected chi connectivity index (χ3v) is 5.97. The van der Waals surface area contributed by atoms with Crippen LogP contribution in [-0.4, -0.2) is 48.8 Å². The Labute approximate surface area is 131 Å². The molecule has 0 heterocycles. The standard InChI is InChI=1S/C18H36N2O/c1-14-11-15(2)17(18(12-14)19-3)13-20(9-10-21)16-7-5-4-6-8-16/h14-19,21H,4-13H2,1-3H3. The van der Waals surface area contributed by atoms with Crippen LogP contribution in [0.5, 0.6) is 0 Å². The molecule has 3 nitrogen and oxygen atoms in total. The van der Waals surface area contributed by atoms with Gasteiger partial charge < -0.3 is 10.4 Å². The molecule has 124 valence electrons. The fraction of sp³-hybridized carbons (Fsp3) is 1.00.